The van der Waals surface area contributed by atoms with Crippen molar-refractivity contribution >= 4 is 52.8 Å². The molecule has 1 aliphatic carbocycles. The summed E-state index contributed by atoms with van der Waals surface area (Å²) in [7, 11) is 1.22. The van der Waals surface area contributed by atoms with Crippen LogP contribution in [-0.2, 0) is 28.7 Å². The Kier molecular flexibility index (Phi) is 9.91. The number of halogens is 2. The van der Waals surface area contributed by atoms with E-state index < -0.39 is 34.8 Å². The van der Waals surface area contributed by atoms with Gasteiger partial charge < -0.3 is 9.47 Å². The summed E-state index contributed by atoms with van der Waals surface area (Å²) in [6.07, 6.45) is 1.88. The van der Waals surface area contributed by atoms with Crippen molar-refractivity contribution < 1.29 is 33.0 Å². The van der Waals surface area contributed by atoms with E-state index in [2.05, 4.69) is 0 Å². The smallest absolute Gasteiger partial charge is 0.334 e. The number of nitrogens with zero attached hydrogens (tertiary/aromatic N) is 1. The Morgan fingerprint density at radius 2 is 1.79 bits per heavy atom. The number of thioether (sulfide) groups is 1. The van der Waals surface area contributed by atoms with Gasteiger partial charge in [-0.05, 0) is 51.7 Å². The standard InChI is InChI=1S/C23H27ClFNO6S/c1-5-20(27)26(21(28)14-9-7-8-10-15(14)23(30)31-4)18-12-19(16(24)11-17(18)25)33-13(3)22(29)32-6-2/h11-13H,5-10H2,1-4H3. The molecule has 2 amide bonds. The highest BCUT2D eigenvalue weighted by atomic mass is 35.5. The number of amides is 2. The van der Waals surface area contributed by atoms with Gasteiger partial charge in [0, 0.05) is 22.5 Å². The molecule has 0 aliphatic heterocycles. The number of ether oxygens (including phenoxy) is 2. The van der Waals surface area contributed by atoms with Crippen LogP contribution in [0.25, 0.3) is 0 Å². The van der Waals surface area contributed by atoms with Crippen LogP contribution in [0, 0.1) is 5.82 Å². The maximum atomic E-state index is 15.0. The Labute approximate surface area is 201 Å². The lowest BCUT2D eigenvalue weighted by molar-refractivity contribution is -0.142. The van der Waals surface area contributed by atoms with Crippen LogP contribution >= 0.6 is 23.4 Å². The Balaban J connectivity index is 2.55. The van der Waals surface area contributed by atoms with Gasteiger partial charge >= 0.3 is 11.9 Å². The molecule has 7 nitrogen and oxygen atoms in total. The van der Waals surface area contributed by atoms with Crippen molar-refractivity contribution in [2.24, 2.45) is 0 Å². The molecule has 0 heterocycles. The van der Waals surface area contributed by atoms with Gasteiger partial charge in [-0.25, -0.2) is 14.1 Å². The third-order valence-electron chi connectivity index (χ3n) is 5.08. The molecule has 2 rings (SSSR count). The van der Waals surface area contributed by atoms with Crippen molar-refractivity contribution in [3.05, 3.63) is 34.1 Å². The fraction of sp³-hybridized carbons (Fsp3) is 0.478. The Hall–Kier alpha value is -2.39. The first-order chi connectivity index (χ1) is 15.7. The molecule has 1 unspecified atom stereocenters. The highest BCUT2D eigenvalue weighted by Gasteiger charge is 2.33. The number of carbonyl (C=O) groups is 4. The normalized spacial score (nSPS) is 14.5. The fourth-order valence-corrected chi connectivity index (χ4v) is 4.60. The molecule has 0 spiro atoms. The number of methoxy groups -OCH3 is 1. The van der Waals surface area contributed by atoms with Crippen LogP contribution in [0.5, 0.6) is 0 Å². The Morgan fingerprint density at radius 3 is 2.36 bits per heavy atom. The van der Waals surface area contributed by atoms with Crippen LogP contribution in [0.1, 0.15) is 52.9 Å². The molecule has 1 aromatic rings. The summed E-state index contributed by atoms with van der Waals surface area (Å²) in [6.45, 7) is 5.04. The van der Waals surface area contributed by atoms with Gasteiger partial charge in [0.05, 0.1) is 24.4 Å². The monoisotopic (exact) mass is 499 g/mol. The van der Waals surface area contributed by atoms with Crippen molar-refractivity contribution in [2.45, 2.75) is 63.0 Å². The molecule has 0 fully saturated rings. The summed E-state index contributed by atoms with van der Waals surface area (Å²) >= 11 is 7.21. The molecule has 1 aliphatic rings. The van der Waals surface area contributed by atoms with Crippen LogP contribution in [0.15, 0.2) is 28.2 Å². The highest BCUT2D eigenvalue weighted by Crippen LogP contribution is 2.37. The van der Waals surface area contributed by atoms with Crippen molar-refractivity contribution in [2.75, 3.05) is 18.6 Å². The molecular formula is C23H27ClFNO6S. The van der Waals surface area contributed by atoms with E-state index in [-0.39, 0.29) is 41.3 Å². The van der Waals surface area contributed by atoms with E-state index in [1.54, 1.807) is 20.8 Å². The predicted octanol–water partition coefficient (Wildman–Crippen LogP) is 4.84. The van der Waals surface area contributed by atoms with Gasteiger partial charge in [-0.1, -0.05) is 18.5 Å². The van der Waals surface area contributed by atoms with E-state index in [1.807, 2.05) is 0 Å². The van der Waals surface area contributed by atoms with E-state index in [0.717, 1.165) is 22.7 Å². The lowest BCUT2D eigenvalue weighted by Gasteiger charge is -2.26. The minimum absolute atomic E-state index is 0.0286. The summed E-state index contributed by atoms with van der Waals surface area (Å²) in [5.41, 5.74) is 0.0398. The summed E-state index contributed by atoms with van der Waals surface area (Å²) in [4.78, 5) is 51.5. The number of rotatable bonds is 8. The van der Waals surface area contributed by atoms with Gasteiger partial charge in [0.2, 0.25) is 5.91 Å². The molecule has 0 radical (unpaired) electrons. The summed E-state index contributed by atoms with van der Waals surface area (Å²) in [5.74, 6) is -3.40. The van der Waals surface area contributed by atoms with Gasteiger partial charge in [0.25, 0.3) is 5.91 Å². The molecule has 0 saturated carbocycles. The first kappa shape index (κ1) is 26.9. The number of imide groups is 1. The third kappa shape index (κ3) is 6.35. The van der Waals surface area contributed by atoms with Gasteiger partial charge in [0.15, 0.2) is 0 Å². The van der Waals surface area contributed by atoms with E-state index in [1.165, 1.54) is 13.2 Å². The van der Waals surface area contributed by atoms with Gasteiger partial charge in [-0.2, -0.15) is 0 Å². The number of anilines is 1. The van der Waals surface area contributed by atoms with E-state index in [9.17, 15) is 19.2 Å². The van der Waals surface area contributed by atoms with Crippen molar-refractivity contribution in [1.82, 2.24) is 0 Å². The Morgan fingerprint density at radius 1 is 1.15 bits per heavy atom. The minimum atomic E-state index is -0.876. The molecule has 0 N–H and O–H groups in total. The fourth-order valence-electron chi connectivity index (χ4n) is 3.42. The maximum Gasteiger partial charge on any atom is 0.334 e. The van der Waals surface area contributed by atoms with Gasteiger partial charge in [-0.3, -0.25) is 14.4 Å². The van der Waals surface area contributed by atoms with Gasteiger partial charge in [-0.15, -0.1) is 11.8 Å². The van der Waals surface area contributed by atoms with Crippen LogP contribution in [0.4, 0.5) is 10.1 Å². The molecule has 33 heavy (non-hydrogen) atoms. The summed E-state index contributed by atoms with van der Waals surface area (Å²) in [6, 6.07) is 2.27. The molecule has 1 aromatic carbocycles. The second kappa shape index (κ2) is 12.2. The van der Waals surface area contributed by atoms with E-state index in [4.69, 9.17) is 21.1 Å². The zero-order chi connectivity index (χ0) is 24.7. The topological polar surface area (TPSA) is 90.0 Å². The van der Waals surface area contributed by atoms with Gasteiger partial charge in [0.1, 0.15) is 11.1 Å². The molecule has 10 heteroatoms. The van der Waals surface area contributed by atoms with E-state index in [0.29, 0.717) is 24.2 Å². The minimum Gasteiger partial charge on any atom is -0.466 e. The Bertz CT molecular complexity index is 980. The second-order valence-corrected chi connectivity index (χ2v) is 9.08. The highest BCUT2D eigenvalue weighted by molar-refractivity contribution is 8.00. The molecule has 0 bridgehead atoms. The zero-order valence-corrected chi connectivity index (χ0v) is 20.6. The largest absolute Gasteiger partial charge is 0.466 e. The molecule has 180 valence electrons. The SMILES string of the molecule is CCOC(=O)C(C)Sc1cc(N(C(=O)CC)C(=O)C2=C(C(=O)OC)CCCC2)c(F)cc1Cl. The maximum absolute atomic E-state index is 15.0. The molecular weight excluding hydrogens is 473 g/mol. The van der Waals surface area contributed by atoms with Crippen LogP contribution < -0.4 is 4.90 Å². The van der Waals surface area contributed by atoms with Crippen LogP contribution in [0.2, 0.25) is 5.02 Å². The lowest BCUT2D eigenvalue weighted by atomic mass is 9.90. The summed E-state index contributed by atoms with van der Waals surface area (Å²) < 4.78 is 24.8. The first-order valence-electron chi connectivity index (χ1n) is 10.7. The third-order valence-corrected chi connectivity index (χ3v) is 6.64. The zero-order valence-electron chi connectivity index (χ0n) is 19.0. The first-order valence-corrected chi connectivity index (χ1v) is 11.9. The number of carbonyl (C=O) groups excluding carboxylic acids is 4. The molecule has 0 aromatic heterocycles. The van der Waals surface area contributed by atoms with Crippen molar-refractivity contribution in [3.63, 3.8) is 0 Å². The number of benzene rings is 1. The second-order valence-electron chi connectivity index (χ2n) is 7.29. The summed E-state index contributed by atoms with van der Waals surface area (Å²) in [5, 5.41) is -0.625. The predicted molar refractivity (Wildman–Crippen MR) is 124 cm³/mol. The quantitative estimate of drug-likeness (QED) is 0.373. The van der Waals surface area contributed by atoms with Crippen LogP contribution in [-0.4, -0.2) is 42.7 Å². The average Bonchev–Trinajstić information content (AvgIpc) is 2.81. The van der Waals surface area contributed by atoms with E-state index >= 15 is 4.39 Å². The molecule has 0 saturated heterocycles. The number of hydrogen-bond acceptors (Lipinski definition) is 7. The number of esters is 2. The lowest BCUT2D eigenvalue weighted by Crippen LogP contribution is -2.39. The number of hydrogen-bond donors (Lipinski definition) is 0. The average molecular weight is 500 g/mol. The van der Waals surface area contributed by atoms with Crippen molar-refractivity contribution in [1.29, 1.82) is 0 Å². The molecule has 1 atom stereocenters. The van der Waals surface area contributed by atoms with Crippen molar-refractivity contribution in [3.8, 4) is 0 Å². The van der Waals surface area contributed by atoms with Crippen LogP contribution in [0.3, 0.4) is 0 Å².